The van der Waals surface area contributed by atoms with Gasteiger partial charge in [-0.05, 0) is 19.8 Å². The van der Waals surface area contributed by atoms with Crippen LogP contribution in [0.3, 0.4) is 0 Å². The average Bonchev–Trinajstić information content (AvgIpc) is 2.18. The fraction of sp³-hybridized carbons (Fsp3) is 0.750. The summed E-state index contributed by atoms with van der Waals surface area (Å²) in [6.07, 6.45) is 8.57. The largest absolute Gasteiger partial charge is 0.481 e. The van der Waals surface area contributed by atoms with Crippen molar-refractivity contribution in [1.29, 1.82) is 0 Å². The summed E-state index contributed by atoms with van der Waals surface area (Å²) in [5.41, 5.74) is 0. The number of terminal acetylenes is 1. The maximum absolute atomic E-state index is 10.5. The van der Waals surface area contributed by atoms with Crippen LogP contribution < -0.4 is 5.32 Å². The molecule has 0 saturated heterocycles. The Labute approximate surface area is 92.3 Å². The van der Waals surface area contributed by atoms with Crippen molar-refractivity contribution < 1.29 is 9.90 Å². The van der Waals surface area contributed by atoms with Crippen molar-refractivity contribution in [2.45, 2.75) is 45.6 Å². The Hall–Kier alpha value is -1.01. The van der Waals surface area contributed by atoms with Crippen LogP contribution in [0.1, 0.15) is 39.5 Å². The number of carbonyl (C=O) groups is 1. The number of carboxylic acids is 1. The van der Waals surface area contributed by atoms with Gasteiger partial charge in [-0.3, -0.25) is 4.79 Å². The molecule has 0 fully saturated rings. The van der Waals surface area contributed by atoms with Crippen LogP contribution in [0.5, 0.6) is 0 Å². The Balaban J connectivity index is 3.43. The van der Waals surface area contributed by atoms with Crippen molar-refractivity contribution in [3.05, 3.63) is 0 Å². The smallest absolute Gasteiger partial charge is 0.306 e. The van der Waals surface area contributed by atoms with Crippen molar-refractivity contribution in [1.82, 2.24) is 5.32 Å². The van der Waals surface area contributed by atoms with E-state index in [1.54, 1.807) is 6.92 Å². The van der Waals surface area contributed by atoms with Crippen LogP contribution in [0.15, 0.2) is 0 Å². The van der Waals surface area contributed by atoms with Gasteiger partial charge in [-0.15, -0.1) is 12.3 Å². The van der Waals surface area contributed by atoms with Gasteiger partial charge in [0.25, 0.3) is 0 Å². The van der Waals surface area contributed by atoms with Crippen LogP contribution in [0.4, 0.5) is 0 Å². The highest BCUT2D eigenvalue weighted by atomic mass is 16.4. The highest BCUT2D eigenvalue weighted by molar-refractivity contribution is 5.69. The highest BCUT2D eigenvalue weighted by Crippen LogP contribution is 2.09. The maximum Gasteiger partial charge on any atom is 0.306 e. The fourth-order valence-electron chi connectivity index (χ4n) is 1.35. The third-order valence-corrected chi connectivity index (χ3v) is 2.46. The lowest BCUT2D eigenvalue weighted by Gasteiger charge is -2.13. The first-order chi connectivity index (χ1) is 7.07. The number of carboxylic acid groups (broad SMARTS) is 1. The third-order valence-electron chi connectivity index (χ3n) is 2.46. The molecule has 15 heavy (non-hydrogen) atoms. The van der Waals surface area contributed by atoms with E-state index in [2.05, 4.69) is 18.2 Å². The van der Waals surface area contributed by atoms with E-state index in [1.165, 1.54) is 0 Å². The fourth-order valence-corrected chi connectivity index (χ4v) is 1.35. The van der Waals surface area contributed by atoms with Crippen LogP contribution in [0.2, 0.25) is 0 Å². The number of rotatable bonds is 8. The van der Waals surface area contributed by atoms with Crippen molar-refractivity contribution in [2.24, 2.45) is 5.92 Å². The number of nitrogens with one attached hydrogen (secondary N) is 1. The van der Waals surface area contributed by atoms with Crippen LogP contribution in [0, 0.1) is 18.3 Å². The zero-order valence-electron chi connectivity index (χ0n) is 9.62. The Morgan fingerprint density at radius 3 is 2.67 bits per heavy atom. The normalized spacial score (nSPS) is 14.2. The van der Waals surface area contributed by atoms with Crippen molar-refractivity contribution in [2.75, 3.05) is 6.54 Å². The zero-order valence-corrected chi connectivity index (χ0v) is 9.62. The molecule has 2 atom stereocenters. The summed E-state index contributed by atoms with van der Waals surface area (Å²) in [5, 5.41) is 12.0. The molecule has 0 aromatic rings. The van der Waals surface area contributed by atoms with E-state index >= 15 is 0 Å². The van der Waals surface area contributed by atoms with Gasteiger partial charge in [0.2, 0.25) is 0 Å². The summed E-state index contributed by atoms with van der Waals surface area (Å²) in [6, 6.07) is 0.416. The van der Waals surface area contributed by atoms with Crippen LogP contribution in [-0.4, -0.2) is 23.7 Å². The molecule has 0 aliphatic carbocycles. The Bertz CT molecular complexity index is 220. The lowest BCUT2D eigenvalue weighted by atomic mass is 10.0. The lowest BCUT2D eigenvalue weighted by Crippen LogP contribution is -2.26. The second-order valence-electron chi connectivity index (χ2n) is 3.98. The van der Waals surface area contributed by atoms with Crippen molar-refractivity contribution >= 4 is 5.97 Å². The predicted octanol–water partition coefficient (Wildman–Crippen LogP) is 1.88. The van der Waals surface area contributed by atoms with Gasteiger partial charge in [-0.25, -0.2) is 0 Å². The molecule has 2 unspecified atom stereocenters. The average molecular weight is 211 g/mol. The monoisotopic (exact) mass is 211 g/mol. The summed E-state index contributed by atoms with van der Waals surface area (Å²) in [6.45, 7) is 4.69. The molecule has 0 bridgehead atoms. The molecule has 0 saturated carbocycles. The number of hydrogen-bond acceptors (Lipinski definition) is 2. The van der Waals surface area contributed by atoms with Gasteiger partial charge in [-0.1, -0.05) is 13.3 Å². The molecular formula is C12H21NO2. The summed E-state index contributed by atoms with van der Waals surface area (Å²) < 4.78 is 0. The first kappa shape index (κ1) is 14.0. The molecule has 0 radical (unpaired) electrons. The van der Waals surface area contributed by atoms with Crippen LogP contribution in [-0.2, 0) is 4.79 Å². The van der Waals surface area contributed by atoms with Gasteiger partial charge in [0.1, 0.15) is 0 Å². The van der Waals surface area contributed by atoms with Gasteiger partial charge >= 0.3 is 5.97 Å². The van der Waals surface area contributed by atoms with Crippen molar-refractivity contribution in [3.63, 3.8) is 0 Å². The van der Waals surface area contributed by atoms with Crippen LogP contribution in [0.25, 0.3) is 0 Å². The van der Waals surface area contributed by atoms with Gasteiger partial charge in [0.05, 0.1) is 5.92 Å². The molecule has 0 aromatic carbocycles. The molecule has 3 heteroatoms. The molecule has 86 valence electrons. The first-order valence-electron chi connectivity index (χ1n) is 5.47. The predicted molar refractivity (Wildman–Crippen MR) is 61.6 cm³/mol. The van der Waals surface area contributed by atoms with E-state index in [0.29, 0.717) is 6.04 Å². The summed E-state index contributed by atoms with van der Waals surface area (Å²) in [7, 11) is 0. The zero-order chi connectivity index (χ0) is 11.7. The van der Waals surface area contributed by atoms with E-state index in [0.717, 1.165) is 32.2 Å². The Morgan fingerprint density at radius 1 is 1.47 bits per heavy atom. The van der Waals surface area contributed by atoms with E-state index < -0.39 is 5.97 Å². The minimum absolute atomic E-state index is 0.233. The molecule has 0 amide bonds. The molecule has 0 spiro atoms. The molecule has 0 aromatic heterocycles. The van der Waals surface area contributed by atoms with E-state index in [9.17, 15) is 4.79 Å². The summed E-state index contributed by atoms with van der Waals surface area (Å²) in [5.74, 6) is 1.63. The molecule has 0 rings (SSSR count). The topological polar surface area (TPSA) is 49.3 Å². The Morgan fingerprint density at radius 2 is 2.13 bits per heavy atom. The molecule has 0 heterocycles. The second-order valence-corrected chi connectivity index (χ2v) is 3.98. The summed E-state index contributed by atoms with van der Waals surface area (Å²) >= 11 is 0. The van der Waals surface area contributed by atoms with E-state index in [4.69, 9.17) is 11.5 Å². The first-order valence-corrected chi connectivity index (χ1v) is 5.47. The molecular weight excluding hydrogens is 190 g/mol. The third kappa shape index (κ3) is 8.02. The maximum atomic E-state index is 10.5. The van der Waals surface area contributed by atoms with E-state index in [-0.39, 0.29) is 5.92 Å². The van der Waals surface area contributed by atoms with E-state index in [1.807, 2.05) is 0 Å². The lowest BCUT2D eigenvalue weighted by molar-refractivity contribution is -0.141. The van der Waals surface area contributed by atoms with Gasteiger partial charge in [-0.2, -0.15) is 0 Å². The SMILES string of the molecule is C#CCCNC(C)CCCC(C)C(=O)O. The highest BCUT2D eigenvalue weighted by Gasteiger charge is 2.10. The Kier molecular flexibility index (Phi) is 7.75. The molecule has 3 nitrogen and oxygen atoms in total. The second kappa shape index (κ2) is 8.31. The van der Waals surface area contributed by atoms with Gasteiger partial charge in [0, 0.05) is 19.0 Å². The molecule has 0 aliphatic rings. The molecule has 0 aliphatic heterocycles. The number of aliphatic carboxylic acids is 1. The van der Waals surface area contributed by atoms with Crippen molar-refractivity contribution in [3.8, 4) is 12.3 Å². The van der Waals surface area contributed by atoms with Crippen LogP contribution >= 0.6 is 0 Å². The standard InChI is InChI=1S/C12H21NO2/c1-4-5-9-13-11(3)8-6-7-10(2)12(14)15/h1,10-11,13H,5-9H2,2-3H3,(H,14,15). The summed E-state index contributed by atoms with van der Waals surface area (Å²) in [4.78, 5) is 10.5. The van der Waals surface area contributed by atoms with Gasteiger partial charge in [0.15, 0.2) is 0 Å². The minimum atomic E-state index is -0.706. The quantitative estimate of drug-likeness (QED) is 0.476. The molecule has 2 N–H and O–H groups in total. The number of hydrogen-bond donors (Lipinski definition) is 2. The minimum Gasteiger partial charge on any atom is -0.481 e. The van der Waals surface area contributed by atoms with Gasteiger partial charge < -0.3 is 10.4 Å².